The third kappa shape index (κ3) is 3.64. The summed E-state index contributed by atoms with van der Waals surface area (Å²) in [7, 11) is 0. The van der Waals surface area contributed by atoms with Gasteiger partial charge in [-0.05, 0) is 37.1 Å². The zero-order valence-electron chi connectivity index (χ0n) is 14.2. The second-order valence-electron chi connectivity index (χ2n) is 6.31. The lowest BCUT2D eigenvalue weighted by atomic mass is 10.0. The van der Waals surface area contributed by atoms with Gasteiger partial charge in [0.25, 0.3) is 0 Å². The van der Waals surface area contributed by atoms with Crippen LogP contribution in [-0.4, -0.2) is 30.3 Å². The third-order valence-electron chi connectivity index (χ3n) is 4.50. The van der Waals surface area contributed by atoms with E-state index in [4.69, 9.17) is 14.5 Å². The molecule has 1 saturated heterocycles. The number of fused-ring (bicyclic) bond motifs is 1. The third-order valence-corrected chi connectivity index (χ3v) is 5.03. The van der Waals surface area contributed by atoms with E-state index in [0.717, 1.165) is 46.1 Å². The molecule has 5 heteroatoms. The quantitative estimate of drug-likeness (QED) is 0.566. The van der Waals surface area contributed by atoms with Crippen LogP contribution in [0.3, 0.4) is 0 Å². The van der Waals surface area contributed by atoms with E-state index >= 15 is 0 Å². The number of hydrogen-bond acceptors (Lipinski definition) is 4. The van der Waals surface area contributed by atoms with Crippen molar-refractivity contribution in [3.05, 3.63) is 64.6 Å². The lowest BCUT2D eigenvalue weighted by molar-refractivity contribution is 0.0163. The minimum Gasteiger partial charge on any atom is -0.459 e. The van der Waals surface area contributed by atoms with Crippen molar-refractivity contribution in [1.82, 2.24) is 4.98 Å². The molecule has 0 aliphatic carbocycles. The smallest absolute Gasteiger partial charge is 0.338 e. The number of carbonyl (C=O) groups is 1. The van der Waals surface area contributed by atoms with Crippen LogP contribution in [0, 0.1) is 0 Å². The molecule has 0 spiro atoms. The van der Waals surface area contributed by atoms with Gasteiger partial charge >= 0.3 is 5.97 Å². The molecular formula is C21H18BrNO3. The highest BCUT2D eigenvalue weighted by Gasteiger charge is 2.20. The molecular weight excluding hydrogens is 394 g/mol. The number of carbonyl (C=O) groups excluding carboxylic acids is 1. The van der Waals surface area contributed by atoms with E-state index in [1.54, 1.807) is 0 Å². The van der Waals surface area contributed by atoms with E-state index in [1.165, 1.54) is 0 Å². The maximum Gasteiger partial charge on any atom is 0.338 e. The Labute approximate surface area is 160 Å². The number of esters is 1. The van der Waals surface area contributed by atoms with Crippen LogP contribution in [0.5, 0.6) is 0 Å². The van der Waals surface area contributed by atoms with Crippen LogP contribution in [0.4, 0.5) is 0 Å². The van der Waals surface area contributed by atoms with Gasteiger partial charge in [-0.1, -0.05) is 46.3 Å². The van der Waals surface area contributed by atoms with Crippen molar-refractivity contribution in [2.24, 2.45) is 0 Å². The summed E-state index contributed by atoms with van der Waals surface area (Å²) in [6, 6.07) is 17.3. The van der Waals surface area contributed by atoms with Crippen LogP contribution in [0.1, 0.15) is 23.2 Å². The Bertz CT molecular complexity index is 934. The minimum absolute atomic E-state index is 0.0120. The number of benzene rings is 2. The lowest BCUT2D eigenvalue weighted by Gasteiger charge is -2.12. The lowest BCUT2D eigenvalue weighted by Crippen LogP contribution is -2.18. The Morgan fingerprint density at radius 2 is 2.00 bits per heavy atom. The minimum atomic E-state index is -0.336. The van der Waals surface area contributed by atoms with Gasteiger partial charge in [-0.25, -0.2) is 9.78 Å². The summed E-state index contributed by atoms with van der Waals surface area (Å²) in [5, 5.41) is 0.797. The largest absolute Gasteiger partial charge is 0.459 e. The first-order valence-corrected chi connectivity index (χ1v) is 9.44. The summed E-state index contributed by atoms with van der Waals surface area (Å²) in [5.74, 6) is -0.336. The molecule has 1 aliphatic rings. The Morgan fingerprint density at radius 1 is 1.19 bits per heavy atom. The molecule has 2 aromatic carbocycles. The molecule has 4 rings (SSSR count). The van der Waals surface area contributed by atoms with Crippen molar-refractivity contribution in [3.63, 3.8) is 0 Å². The summed E-state index contributed by atoms with van der Waals surface area (Å²) >= 11 is 3.44. The van der Waals surface area contributed by atoms with Gasteiger partial charge in [-0.3, -0.25) is 0 Å². The van der Waals surface area contributed by atoms with Crippen molar-refractivity contribution in [2.75, 3.05) is 13.2 Å². The number of nitrogens with zero attached hydrogens (tertiary/aromatic N) is 1. The molecule has 3 aromatic rings. The second-order valence-corrected chi connectivity index (χ2v) is 7.23. The molecule has 4 nitrogen and oxygen atoms in total. The van der Waals surface area contributed by atoms with Gasteiger partial charge < -0.3 is 9.47 Å². The predicted molar refractivity (Wildman–Crippen MR) is 104 cm³/mol. The zero-order chi connectivity index (χ0) is 17.9. The Balaban J connectivity index is 1.69. The number of aromatic nitrogens is 1. The highest BCUT2D eigenvalue weighted by molar-refractivity contribution is 9.10. The van der Waals surface area contributed by atoms with Gasteiger partial charge in [-0.2, -0.15) is 0 Å². The fourth-order valence-corrected chi connectivity index (χ4v) is 3.40. The number of pyridine rings is 1. The molecule has 0 unspecified atom stereocenters. The van der Waals surface area contributed by atoms with Gasteiger partial charge in [0.2, 0.25) is 0 Å². The first-order valence-electron chi connectivity index (χ1n) is 8.65. The van der Waals surface area contributed by atoms with Crippen LogP contribution >= 0.6 is 15.9 Å². The monoisotopic (exact) mass is 411 g/mol. The van der Waals surface area contributed by atoms with Gasteiger partial charge in [0.1, 0.15) is 6.61 Å². The van der Waals surface area contributed by atoms with E-state index in [2.05, 4.69) is 15.9 Å². The maximum absolute atomic E-state index is 12.7. The Hall–Kier alpha value is -2.24. The van der Waals surface area contributed by atoms with Gasteiger partial charge in [0, 0.05) is 22.0 Å². The number of para-hydroxylation sites is 1. The molecule has 132 valence electrons. The molecule has 1 fully saturated rings. The number of ether oxygens (including phenoxy) is 2. The Kier molecular flexibility index (Phi) is 5.00. The summed E-state index contributed by atoms with van der Waals surface area (Å²) in [6.07, 6.45) is 1.97. The van der Waals surface area contributed by atoms with Crippen molar-refractivity contribution in [1.29, 1.82) is 0 Å². The molecule has 1 atom stereocenters. The molecule has 1 aliphatic heterocycles. The van der Waals surface area contributed by atoms with Gasteiger partial charge in [-0.15, -0.1) is 0 Å². The van der Waals surface area contributed by atoms with Crippen LogP contribution in [-0.2, 0) is 9.47 Å². The fourth-order valence-electron chi connectivity index (χ4n) is 3.13. The predicted octanol–water partition coefficient (Wildman–Crippen LogP) is 5.00. The summed E-state index contributed by atoms with van der Waals surface area (Å²) in [6.45, 7) is 1.04. The summed E-state index contributed by atoms with van der Waals surface area (Å²) < 4.78 is 12.1. The summed E-state index contributed by atoms with van der Waals surface area (Å²) in [5.41, 5.74) is 3.01. The second kappa shape index (κ2) is 7.56. The van der Waals surface area contributed by atoms with Crippen molar-refractivity contribution in [3.8, 4) is 11.3 Å². The average Bonchev–Trinajstić information content (AvgIpc) is 3.19. The number of hydrogen-bond donors (Lipinski definition) is 0. The van der Waals surface area contributed by atoms with Crippen LogP contribution in [0.25, 0.3) is 22.2 Å². The van der Waals surface area contributed by atoms with Gasteiger partial charge in [0.05, 0.1) is 22.9 Å². The normalized spacial score (nSPS) is 16.7. The first kappa shape index (κ1) is 17.2. The maximum atomic E-state index is 12.7. The standard InChI is InChI=1S/C21H18BrNO3/c22-15-9-7-14(8-10-15)20-12-18(17-5-1-2-6-19(17)23-20)21(24)26-13-16-4-3-11-25-16/h1-2,5-10,12,16H,3-4,11,13H2/t16-/m0/s1. The van der Waals surface area contributed by atoms with E-state index in [-0.39, 0.29) is 12.1 Å². The number of halogens is 1. The molecule has 0 bridgehead atoms. The first-order chi connectivity index (χ1) is 12.7. The van der Waals surface area contributed by atoms with Crippen LogP contribution in [0.15, 0.2) is 59.1 Å². The highest BCUT2D eigenvalue weighted by Crippen LogP contribution is 2.26. The molecule has 0 radical (unpaired) electrons. The van der Waals surface area contributed by atoms with Crippen LogP contribution in [0.2, 0.25) is 0 Å². The number of rotatable bonds is 4. The molecule has 0 saturated carbocycles. The fraction of sp³-hybridized carbons (Fsp3) is 0.238. The average molecular weight is 412 g/mol. The zero-order valence-corrected chi connectivity index (χ0v) is 15.7. The molecule has 2 heterocycles. The van der Waals surface area contributed by atoms with Crippen molar-refractivity contribution in [2.45, 2.75) is 18.9 Å². The van der Waals surface area contributed by atoms with E-state index in [0.29, 0.717) is 12.2 Å². The van der Waals surface area contributed by atoms with E-state index in [9.17, 15) is 4.79 Å². The van der Waals surface area contributed by atoms with E-state index < -0.39 is 0 Å². The van der Waals surface area contributed by atoms with Crippen molar-refractivity contribution < 1.29 is 14.3 Å². The topological polar surface area (TPSA) is 48.4 Å². The molecule has 0 N–H and O–H groups in total. The molecule has 26 heavy (non-hydrogen) atoms. The van der Waals surface area contributed by atoms with Crippen molar-refractivity contribution >= 4 is 32.8 Å². The highest BCUT2D eigenvalue weighted by atomic mass is 79.9. The van der Waals surface area contributed by atoms with Crippen LogP contribution < -0.4 is 0 Å². The Morgan fingerprint density at radius 3 is 2.77 bits per heavy atom. The SMILES string of the molecule is O=C(OC[C@@H]1CCCO1)c1cc(-c2ccc(Br)cc2)nc2ccccc12. The van der Waals surface area contributed by atoms with E-state index in [1.807, 2.05) is 54.6 Å². The van der Waals surface area contributed by atoms with Gasteiger partial charge in [0.15, 0.2) is 0 Å². The molecule has 0 amide bonds. The summed E-state index contributed by atoms with van der Waals surface area (Å²) in [4.78, 5) is 17.4. The molecule has 1 aromatic heterocycles.